The number of rotatable bonds is 12. The van der Waals surface area contributed by atoms with Crippen molar-refractivity contribution in [2.75, 3.05) is 20.0 Å². The number of alkyl halides is 3. The minimum atomic E-state index is -4.63. The van der Waals surface area contributed by atoms with Crippen LogP contribution in [0.1, 0.15) is 37.1 Å². The summed E-state index contributed by atoms with van der Waals surface area (Å²) in [5, 5.41) is 9.95. The van der Waals surface area contributed by atoms with Crippen molar-refractivity contribution in [2.24, 2.45) is 0 Å². The van der Waals surface area contributed by atoms with E-state index in [0.29, 0.717) is 31.9 Å². The van der Waals surface area contributed by atoms with Gasteiger partial charge in [-0.1, -0.05) is 39.3 Å². The van der Waals surface area contributed by atoms with Crippen molar-refractivity contribution in [3.63, 3.8) is 0 Å². The standard InChI is InChI=1S/C25H41F3N2O4Si2/c1-24(34-17-33-9-11-36(5,6)7)14-18(15-24)23-29-21-13-19(31)12-20(25(26,27)28)22(21)30(23)16-32-8-10-35(2,3)4/h12-13,18,31H,8-11,14-17H2,1-7H3/t18-,24+. The zero-order chi connectivity index (χ0) is 26.9. The highest BCUT2D eigenvalue weighted by molar-refractivity contribution is 6.76. The van der Waals surface area contributed by atoms with Crippen molar-refractivity contribution in [1.82, 2.24) is 9.55 Å². The number of hydrogen-bond acceptors (Lipinski definition) is 5. The van der Waals surface area contributed by atoms with Crippen molar-refractivity contribution < 1.29 is 32.5 Å². The van der Waals surface area contributed by atoms with Crippen LogP contribution in [0.15, 0.2) is 12.1 Å². The Balaban J connectivity index is 1.77. The molecule has 0 amide bonds. The third kappa shape index (κ3) is 7.80. The van der Waals surface area contributed by atoms with Gasteiger partial charge in [-0.05, 0) is 37.9 Å². The van der Waals surface area contributed by atoms with E-state index in [9.17, 15) is 18.3 Å². The van der Waals surface area contributed by atoms with E-state index in [0.717, 1.165) is 18.2 Å². The normalized spacial score (nSPS) is 21.2. The molecule has 1 aliphatic carbocycles. The lowest BCUT2D eigenvalue weighted by Gasteiger charge is -2.44. The number of nitrogens with zero attached hydrogens (tertiary/aromatic N) is 2. The first kappa shape index (κ1) is 29.2. The van der Waals surface area contributed by atoms with Gasteiger partial charge in [0.2, 0.25) is 0 Å². The second-order valence-electron chi connectivity index (χ2n) is 12.6. The first-order chi connectivity index (χ1) is 16.5. The number of phenolic OH excluding ortho intramolecular Hbond substituents is 1. The van der Waals surface area contributed by atoms with Gasteiger partial charge < -0.3 is 23.9 Å². The Labute approximate surface area is 214 Å². The van der Waals surface area contributed by atoms with E-state index in [1.807, 2.05) is 6.92 Å². The maximum Gasteiger partial charge on any atom is 0.418 e. The number of halogens is 3. The molecule has 2 aromatic rings. The molecule has 0 radical (unpaired) electrons. The van der Waals surface area contributed by atoms with E-state index >= 15 is 0 Å². The molecule has 204 valence electrons. The van der Waals surface area contributed by atoms with Crippen LogP contribution in [-0.2, 0) is 27.1 Å². The van der Waals surface area contributed by atoms with Gasteiger partial charge in [-0.15, -0.1) is 0 Å². The number of aromatic nitrogens is 2. The Morgan fingerprint density at radius 1 is 1.03 bits per heavy atom. The summed E-state index contributed by atoms with van der Waals surface area (Å²) in [7, 11) is -2.52. The lowest BCUT2D eigenvalue weighted by molar-refractivity contribution is -0.171. The van der Waals surface area contributed by atoms with Crippen LogP contribution in [0, 0.1) is 0 Å². The van der Waals surface area contributed by atoms with E-state index in [4.69, 9.17) is 14.2 Å². The quantitative estimate of drug-likeness (QED) is 0.176. The third-order valence-corrected chi connectivity index (χ3v) is 10.00. The Morgan fingerprint density at radius 2 is 1.61 bits per heavy atom. The van der Waals surface area contributed by atoms with Gasteiger partial charge in [-0.3, -0.25) is 0 Å². The highest BCUT2D eigenvalue weighted by Gasteiger charge is 2.45. The van der Waals surface area contributed by atoms with Crippen LogP contribution in [-0.4, -0.2) is 56.4 Å². The van der Waals surface area contributed by atoms with E-state index < -0.39 is 39.2 Å². The monoisotopic (exact) mass is 546 g/mol. The number of aromatic hydroxyl groups is 1. The van der Waals surface area contributed by atoms with Gasteiger partial charge in [0.05, 0.1) is 22.2 Å². The summed E-state index contributed by atoms with van der Waals surface area (Å²) in [5.41, 5.74) is -1.25. The third-order valence-electron chi connectivity index (χ3n) is 6.59. The molecule has 3 rings (SSSR count). The molecular formula is C25H41F3N2O4Si2. The zero-order valence-electron chi connectivity index (χ0n) is 22.6. The number of imidazole rings is 1. The molecule has 1 aromatic heterocycles. The Hall–Kier alpha value is -1.41. The largest absolute Gasteiger partial charge is 0.508 e. The van der Waals surface area contributed by atoms with E-state index in [1.54, 1.807) is 0 Å². The molecule has 1 heterocycles. The van der Waals surface area contributed by atoms with E-state index in [-0.39, 0.29) is 30.5 Å². The number of phenols is 1. The smallest absolute Gasteiger partial charge is 0.418 e. The maximum atomic E-state index is 13.9. The van der Waals surface area contributed by atoms with Crippen LogP contribution in [0.5, 0.6) is 5.75 Å². The van der Waals surface area contributed by atoms with Gasteiger partial charge in [0.1, 0.15) is 25.1 Å². The van der Waals surface area contributed by atoms with Crippen molar-refractivity contribution in [1.29, 1.82) is 0 Å². The predicted octanol–water partition coefficient (Wildman–Crippen LogP) is 7.04. The van der Waals surface area contributed by atoms with Crippen molar-refractivity contribution >= 4 is 27.2 Å². The van der Waals surface area contributed by atoms with Gasteiger partial charge in [-0.25, -0.2) is 4.98 Å². The lowest BCUT2D eigenvalue weighted by Crippen LogP contribution is -2.43. The highest BCUT2D eigenvalue weighted by Crippen LogP contribution is 2.48. The summed E-state index contributed by atoms with van der Waals surface area (Å²) >= 11 is 0. The second kappa shape index (κ2) is 10.8. The Morgan fingerprint density at radius 3 is 2.17 bits per heavy atom. The second-order valence-corrected chi connectivity index (χ2v) is 23.9. The molecule has 0 unspecified atom stereocenters. The number of fused-ring (bicyclic) bond motifs is 1. The molecule has 0 bridgehead atoms. The van der Waals surface area contributed by atoms with Crippen molar-refractivity contribution in [3.8, 4) is 5.75 Å². The molecule has 1 N–H and O–H groups in total. The van der Waals surface area contributed by atoms with Crippen LogP contribution in [0.3, 0.4) is 0 Å². The molecule has 0 atom stereocenters. The van der Waals surface area contributed by atoms with E-state index in [2.05, 4.69) is 44.3 Å². The summed E-state index contributed by atoms with van der Waals surface area (Å²) in [6, 6.07) is 4.02. The van der Waals surface area contributed by atoms with Gasteiger partial charge >= 0.3 is 6.18 Å². The first-order valence-corrected chi connectivity index (χ1v) is 20.0. The molecule has 36 heavy (non-hydrogen) atoms. The van der Waals surface area contributed by atoms with Crippen molar-refractivity contribution in [3.05, 3.63) is 23.5 Å². The molecule has 1 aromatic carbocycles. The van der Waals surface area contributed by atoms with Crippen LogP contribution in [0.2, 0.25) is 51.4 Å². The summed E-state index contributed by atoms with van der Waals surface area (Å²) in [6.07, 6.45) is -3.39. The van der Waals surface area contributed by atoms with Crippen LogP contribution in [0.4, 0.5) is 13.2 Å². The zero-order valence-corrected chi connectivity index (χ0v) is 24.6. The average molecular weight is 547 g/mol. The fourth-order valence-corrected chi connectivity index (χ4v) is 5.88. The summed E-state index contributed by atoms with van der Waals surface area (Å²) in [4.78, 5) is 4.55. The molecular weight excluding hydrogens is 505 g/mol. The molecule has 1 fully saturated rings. The minimum absolute atomic E-state index is 0.0158. The molecule has 6 nitrogen and oxygen atoms in total. The molecule has 1 aliphatic rings. The molecule has 11 heteroatoms. The number of ether oxygens (including phenoxy) is 3. The molecule has 1 saturated carbocycles. The van der Waals surface area contributed by atoms with Gasteiger partial charge in [0, 0.05) is 41.3 Å². The highest BCUT2D eigenvalue weighted by atomic mass is 28.3. The first-order valence-electron chi connectivity index (χ1n) is 12.6. The SMILES string of the molecule is C[Si](C)(C)CCOCO[C@]1(C)C[C@H](c2nc3cc(O)cc(C(F)(F)F)c3n2COCC[Si](C)(C)C)C1. The van der Waals surface area contributed by atoms with Crippen LogP contribution >= 0.6 is 0 Å². The fourth-order valence-electron chi connectivity index (χ4n) is 4.37. The lowest BCUT2D eigenvalue weighted by atomic mass is 9.71. The molecule has 0 aliphatic heterocycles. The van der Waals surface area contributed by atoms with Crippen molar-refractivity contribution in [2.45, 2.75) is 95.6 Å². The minimum Gasteiger partial charge on any atom is -0.508 e. The summed E-state index contributed by atoms with van der Waals surface area (Å²) in [6.45, 7) is 16.9. The van der Waals surface area contributed by atoms with E-state index in [1.165, 1.54) is 10.6 Å². The Bertz CT molecular complexity index is 1040. The summed E-state index contributed by atoms with van der Waals surface area (Å²) in [5.74, 6) is 0.00551. The number of hydrogen-bond donors (Lipinski definition) is 1. The van der Waals surface area contributed by atoms with Gasteiger partial charge in [0.25, 0.3) is 0 Å². The topological polar surface area (TPSA) is 65.7 Å². The fraction of sp³-hybridized carbons (Fsp3) is 0.720. The molecule has 0 spiro atoms. The Kier molecular flexibility index (Phi) is 8.71. The molecule has 0 saturated heterocycles. The maximum absolute atomic E-state index is 13.9. The van der Waals surface area contributed by atoms with Crippen LogP contribution in [0.25, 0.3) is 11.0 Å². The number of benzene rings is 1. The predicted molar refractivity (Wildman–Crippen MR) is 141 cm³/mol. The summed E-state index contributed by atoms with van der Waals surface area (Å²) < 4.78 is 60.8. The average Bonchev–Trinajstić information content (AvgIpc) is 3.03. The van der Waals surface area contributed by atoms with Crippen LogP contribution < -0.4 is 0 Å². The van der Waals surface area contributed by atoms with Gasteiger partial charge in [0.15, 0.2) is 0 Å². The van der Waals surface area contributed by atoms with Gasteiger partial charge in [-0.2, -0.15) is 13.2 Å².